The van der Waals surface area contributed by atoms with Gasteiger partial charge < -0.3 is 20.6 Å². The van der Waals surface area contributed by atoms with E-state index in [4.69, 9.17) is 0 Å². The highest BCUT2D eigenvalue weighted by Crippen LogP contribution is 2.68. The van der Waals surface area contributed by atoms with E-state index in [0.717, 1.165) is 25.7 Å². The fourth-order valence-corrected chi connectivity index (χ4v) is 9.63. The maximum absolute atomic E-state index is 14.0. The molecule has 3 heterocycles. The number of carbonyl (C=O) groups is 3. The lowest BCUT2D eigenvalue weighted by atomic mass is 9.70. The molecule has 3 aliphatic heterocycles. The van der Waals surface area contributed by atoms with Crippen molar-refractivity contribution in [1.82, 2.24) is 15.5 Å². The Balaban J connectivity index is 2.05. The van der Waals surface area contributed by atoms with Crippen LogP contribution in [0.5, 0.6) is 0 Å². The van der Waals surface area contributed by atoms with Crippen LogP contribution >= 0.6 is 27.7 Å². The molecule has 3 rings (SSSR count). The number of aliphatic hydroxyl groups is 1. The van der Waals surface area contributed by atoms with Gasteiger partial charge in [0.15, 0.2) is 0 Å². The first kappa shape index (κ1) is 26.8. The molecule has 0 saturated carbocycles. The van der Waals surface area contributed by atoms with Gasteiger partial charge >= 0.3 is 0 Å². The van der Waals surface area contributed by atoms with Gasteiger partial charge in [-0.2, -0.15) is 0 Å². The van der Waals surface area contributed by atoms with Gasteiger partial charge in [-0.3, -0.25) is 14.4 Å². The lowest BCUT2D eigenvalue weighted by Crippen LogP contribution is -2.59. The number of amides is 3. The lowest BCUT2D eigenvalue weighted by molar-refractivity contribution is -0.144. The first-order valence-corrected chi connectivity index (χ1v) is 14.3. The van der Waals surface area contributed by atoms with Crippen LogP contribution < -0.4 is 10.6 Å². The quantitative estimate of drug-likeness (QED) is 0.346. The summed E-state index contributed by atoms with van der Waals surface area (Å²) < 4.78 is -0.666. The zero-order chi connectivity index (χ0) is 24.5. The van der Waals surface area contributed by atoms with E-state index >= 15 is 0 Å². The van der Waals surface area contributed by atoms with E-state index in [2.05, 4.69) is 33.5 Å². The van der Waals surface area contributed by atoms with Crippen molar-refractivity contribution >= 4 is 45.4 Å². The molecule has 0 aromatic carbocycles. The smallest absolute Gasteiger partial charge is 0.244 e. The van der Waals surface area contributed by atoms with E-state index in [1.807, 2.05) is 27.7 Å². The molecule has 9 heteroatoms. The monoisotopic (exact) mass is 545 g/mol. The predicted molar refractivity (Wildman–Crippen MR) is 135 cm³/mol. The Kier molecular flexibility index (Phi) is 8.82. The van der Waals surface area contributed by atoms with Crippen LogP contribution in [0.25, 0.3) is 0 Å². The number of rotatable bonds is 11. The molecule has 2 bridgehead atoms. The van der Waals surface area contributed by atoms with Crippen LogP contribution in [0.2, 0.25) is 0 Å². The van der Waals surface area contributed by atoms with Gasteiger partial charge in [-0.25, -0.2) is 0 Å². The number of halogens is 1. The minimum Gasteiger partial charge on any atom is -0.394 e. The molecule has 3 aliphatic rings. The number of carbonyl (C=O) groups excluding carboxylic acids is 3. The lowest BCUT2D eigenvalue weighted by Gasteiger charge is -2.39. The summed E-state index contributed by atoms with van der Waals surface area (Å²) in [6.45, 7) is 10.5. The summed E-state index contributed by atoms with van der Waals surface area (Å²) in [5.41, 5.74) is 0. The van der Waals surface area contributed by atoms with Crippen molar-refractivity contribution in [3.63, 3.8) is 0 Å². The Morgan fingerprint density at radius 3 is 2.52 bits per heavy atom. The molecule has 3 saturated heterocycles. The van der Waals surface area contributed by atoms with Gasteiger partial charge in [0.05, 0.1) is 29.2 Å². The maximum atomic E-state index is 14.0. The van der Waals surface area contributed by atoms with Crippen molar-refractivity contribution in [2.75, 3.05) is 13.2 Å². The molecule has 3 amide bonds. The molecule has 0 aromatic heterocycles. The minimum atomic E-state index is -0.695. The SMILES string of the molecule is CCCNC(=O)[C@H]1[C@@H]2SC3(CC2Br)C(C(=O)NC(C)CCC)N([C@@H](CO)[C@@H](C)CC)C(=O)[C@H]13. The van der Waals surface area contributed by atoms with Crippen LogP contribution in [-0.2, 0) is 14.4 Å². The summed E-state index contributed by atoms with van der Waals surface area (Å²) in [6, 6.07) is -1.15. The van der Waals surface area contributed by atoms with Crippen LogP contribution in [0.15, 0.2) is 0 Å². The molecule has 1 spiro atoms. The summed E-state index contributed by atoms with van der Waals surface area (Å²) >= 11 is 5.43. The van der Waals surface area contributed by atoms with Crippen LogP contribution in [0.3, 0.4) is 0 Å². The van der Waals surface area contributed by atoms with E-state index < -0.39 is 28.7 Å². The Morgan fingerprint density at radius 2 is 1.94 bits per heavy atom. The molecule has 3 fully saturated rings. The van der Waals surface area contributed by atoms with Gasteiger partial charge in [0.1, 0.15) is 6.04 Å². The number of hydrogen-bond acceptors (Lipinski definition) is 5. The second-order valence-corrected chi connectivity index (χ2v) is 12.8. The van der Waals surface area contributed by atoms with Crippen molar-refractivity contribution in [3.8, 4) is 0 Å². The van der Waals surface area contributed by atoms with Gasteiger partial charge in [0, 0.05) is 22.7 Å². The highest BCUT2D eigenvalue weighted by Gasteiger charge is 2.76. The van der Waals surface area contributed by atoms with Crippen molar-refractivity contribution in [2.24, 2.45) is 17.8 Å². The Bertz CT molecular complexity index is 755. The Hall–Kier alpha value is -0.800. The standard InChI is InChI=1S/C24H40BrN3O4S/c1-6-9-14(5)27-22(31)20-24-11-15(25)19(33-24)17(21(30)26-10-7-2)18(24)23(32)28(20)16(12-29)13(4)8-3/h13-20,29H,6-12H2,1-5H3,(H,26,30)(H,27,31)/t13-,14?,15?,16-,17+,18-,19+,20?,24?/m0/s1. The first-order chi connectivity index (χ1) is 15.7. The summed E-state index contributed by atoms with van der Waals surface area (Å²) in [5.74, 6) is -1.39. The van der Waals surface area contributed by atoms with E-state index in [1.165, 1.54) is 0 Å². The van der Waals surface area contributed by atoms with E-state index in [0.29, 0.717) is 13.0 Å². The number of aliphatic hydroxyl groups excluding tert-OH is 1. The van der Waals surface area contributed by atoms with Crippen LogP contribution in [0.4, 0.5) is 0 Å². The first-order valence-electron chi connectivity index (χ1n) is 12.5. The van der Waals surface area contributed by atoms with Crippen molar-refractivity contribution in [1.29, 1.82) is 0 Å². The van der Waals surface area contributed by atoms with Crippen molar-refractivity contribution < 1.29 is 19.5 Å². The average Bonchev–Trinajstić information content (AvgIpc) is 3.36. The highest BCUT2D eigenvalue weighted by molar-refractivity contribution is 9.09. The topological polar surface area (TPSA) is 98.7 Å². The molecule has 0 aliphatic carbocycles. The normalized spacial score (nSPS) is 35.3. The fourth-order valence-electron chi connectivity index (χ4n) is 6.03. The molecule has 0 aromatic rings. The maximum Gasteiger partial charge on any atom is 0.244 e. The van der Waals surface area contributed by atoms with Gasteiger partial charge in [-0.1, -0.05) is 56.5 Å². The third-order valence-electron chi connectivity index (χ3n) is 7.78. The van der Waals surface area contributed by atoms with Gasteiger partial charge in [-0.05, 0) is 32.1 Å². The van der Waals surface area contributed by atoms with E-state index in [9.17, 15) is 19.5 Å². The number of nitrogens with zero attached hydrogens (tertiary/aromatic N) is 1. The van der Waals surface area contributed by atoms with E-state index in [1.54, 1.807) is 16.7 Å². The van der Waals surface area contributed by atoms with Gasteiger partial charge in [-0.15, -0.1) is 11.8 Å². The molecule has 0 radical (unpaired) electrons. The number of thioether (sulfide) groups is 1. The van der Waals surface area contributed by atoms with Crippen molar-refractivity contribution in [3.05, 3.63) is 0 Å². The zero-order valence-corrected chi connectivity index (χ0v) is 22.9. The van der Waals surface area contributed by atoms with Gasteiger partial charge in [0.2, 0.25) is 17.7 Å². The van der Waals surface area contributed by atoms with Crippen molar-refractivity contribution in [2.45, 2.75) is 99.7 Å². The van der Waals surface area contributed by atoms with Crippen LogP contribution in [0.1, 0.15) is 66.7 Å². The average molecular weight is 547 g/mol. The molecule has 4 unspecified atom stereocenters. The summed E-state index contributed by atoms with van der Waals surface area (Å²) in [6.07, 6.45) is 4.08. The summed E-state index contributed by atoms with van der Waals surface area (Å²) in [4.78, 5) is 42.8. The number of alkyl halides is 1. The molecular weight excluding hydrogens is 506 g/mol. The summed E-state index contributed by atoms with van der Waals surface area (Å²) in [7, 11) is 0. The number of fused-ring (bicyclic) bond motifs is 1. The fraction of sp³-hybridized carbons (Fsp3) is 0.875. The van der Waals surface area contributed by atoms with Gasteiger partial charge in [0.25, 0.3) is 0 Å². The molecular formula is C24H40BrN3O4S. The third-order valence-corrected chi connectivity index (χ3v) is 11.0. The molecule has 7 nitrogen and oxygen atoms in total. The molecule has 33 heavy (non-hydrogen) atoms. The number of likely N-dealkylation sites (tertiary alicyclic amines) is 1. The molecule has 188 valence electrons. The second-order valence-electron chi connectivity index (χ2n) is 10.0. The van der Waals surface area contributed by atoms with E-state index in [-0.39, 0.29) is 46.4 Å². The Morgan fingerprint density at radius 1 is 1.24 bits per heavy atom. The second kappa shape index (κ2) is 10.9. The predicted octanol–water partition coefficient (Wildman–Crippen LogP) is 2.69. The molecule has 9 atom stereocenters. The minimum absolute atomic E-state index is 0.00176. The Labute approximate surface area is 210 Å². The summed E-state index contributed by atoms with van der Waals surface area (Å²) in [5, 5.41) is 16.4. The molecule has 3 N–H and O–H groups in total. The zero-order valence-electron chi connectivity index (χ0n) is 20.5. The van der Waals surface area contributed by atoms with Crippen LogP contribution in [-0.4, -0.2) is 73.8 Å². The highest BCUT2D eigenvalue weighted by atomic mass is 79.9. The van der Waals surface area contributed by atoms with Crippen LogP contribution in [0, 0.1) is 17.8 Å². The third kappa shape index (κ3) is 4.58. The number of nitrogens with one attached hydrogen (secondary N) is 2. The largest absolute Gasteiger partial charge is 0.394 e. The number of hydrogen-bond donors (Lipinski definition) is 3.